The molecule has 3 heterocycles. The summed E-state index contributed by atoms with van der Waals surface area (Å²) in [5, 5.41) is 4.47. The first-order valence-electron chi connectivity index (χ1n) is 18.0. The number of fused-ring (bicyclic) bond motifs is 2. The summed E-state index contributed by atoms with van der Waals surface area (Å²) in [7, 11) is 0. The van der Waals surface area contributed by atoms with Crippen LogP contribution in [0.2, 0.25) is 0 Å². The van der Waals surface area contributed by atoms with Gasteiger partial charge in [-0.1, -0.05) is 114 Å². The first kappa shape index (κ1) is 27.3. The second-order valence-corrected chi connectivity index (χ2v) is 12.3. The first-order chi connectivity index (χ1) is 25.0. The Morgan fingerprint density at radius 1 is 0.833 bits per heavy atom. The number of thiophene rings is 1. The predicted octanol–water partition coefficient (Wildman–Crippen LogP) is 11.4. The molecule has 0 unspecified atom stereocenters. The summed E-state index contributed by atoms with van der Waals surface area (Å²) in [5.74, 6) is 0.686. The van der Waals surface area contributed by atoms with Crippen molar-refractivity contribution >= 4 is 32.5 Å². The van der Waals surface area contributed by atoms with Crippen molar-refractivity contribution in [3.63, 3.8) is 0 Å². The zero-order chi connectivity index (χ0) is 36.5. The van der Waals surface area contributed by atoms with Gasteiger partial charge in [-0.2, -0.15) is 0 Å². The maximum absolute atomic E-state index is 8.62. The Hall–Kier alpha value is -4.67. The van der Waals surface area contributed by atoms with Gasteiger partial charge in [0.15, 0.2) is 0 Å². The number of benzene rings is 5. The van der Waals surface area contributed by atoms with E-state index in [1.54, 1.807) is 29.5 Å². The number of pyridine rings is 1. The molecule has 0 aliphatic carbocycles. The maximum atomic E-state index is 8.62. The van der Waals surface area contributed by atoms with E-state index in [1.807, 2.05) is 74.5 Å². The summed E-state index contributed by atoms with van der Waals surface area (Å²) < 4.78 is 42.2. The molecule has 8 rings (SSSR count). The van der Waals surface area contributed by atoms with Gasteiger partial charge in [-0.3, -0.25) is 16.3 Å². The Morgan fingerprint density at radius 3 is 2.33 bits per heavy atom. The van der Waals surface area contributed by atoms with E-state index in [-0.39, 0.29) is 31.6 Å². The van der Waals surface area contributed by atoms with Crippen LogP contribution in [0.15, 0.2) is 140 Å². The van der Waals surface area contributed by atoms with E-state index in [1.165, 1.54) is 17.3 Å². The minimum absolute atomic E-state index is 0. The molecule has 0 fully saturated rings. The molecule has 0 amide bonds. The number of hydrogen-bond donors (Lipinski definition) is 0. The van der Waals surface area contributed by atoms with Crippen LogP contribution in [-0.4, -0.2) is 14.5 Å². The van der Waals surface area contributed by atoms with Gasteiger partial charge in [-0.25, -0.2) is 0 Å². The van der Waals surface area contributed by atoms with Crippen LogP contribution in [0.1, 0.15) is 31.8 Å². The third-order valence-electron chi connectivity index (χ3n) is 7.73. The van der Waals surface area contributed by atoms with Gasteiger partial charge in [-0.15, -0.1) is 47.3 Å². The molecule has 8 aromatic rings. The number of para-hydroxylation sites is 2. The van der Waals surface area contributed by atoms with Crippen molar-refractivity contribution in [3.05, 3.63) is 162 Å². The smallest absolute Gasteiger partial charge is 0.0774 e. The van der Waals surface area contributed by atoms with E-state index in [0.29, 0.717) is 5.56 Å². The van der Waals surface area contributed by atoms with Gasteiger partial charge in [0.2, 0.25) is 0 Å². The van der Waals surface area contributed by atoms with E-state index in [4.69, 9.17) is 11.8 Å². The Kier molecular flexibility index (Phi) is 8.55. The maximum Gasteiger partial charge on any atom is 0.0774 e. The third kappa shape index (κ3) is 7.24. The Morgan fingerprint density at radius 2 is 1.60 bits per heavy atom. The Bertz CT molecular complexity index is 2440. The van der Waals surface area contributed by atoms with Gasteiger partial charge in [0.1, 0.15) is 0 Å². The molecular weight excluding hydrogens is 783 g/mol. The second kappa shape index (κ2) is 15.0. The van der Waals surface area contributed by atoms with Crippen LogP contribution >= 0.6 is 11.3 Å². The van der Waals surface area contributed by atoms with E-state index >= 15 is 0 Å². The molecular formula is C43H35IrN3S-2. The van der Waals surface area contributed by atoms with Gasteiger partial charge in [0.25, 0.3) is 0 Å². The van der Waals surface area contributed by atoms with Crippen LogP contribution in [0, 0.1) is 24.2 Å². The fourth-order valence-corrected chi connectivity index (χ4v) is 6.38. The van der Waals surface area contributed by atoms with Crippen LogP contribution in [0.25, 0.3) is 60.6 Å². The van der Waals surface area contributed by atoms with Crippen molar-refractivity contribution in [2.75, 3.05) is 0 Å². The SMILES string of the molecule is [2H]C([2H])([2H])c1ccc(-c2[c-]cccc2)nc1.[2H]C([2H])(c1ccc2s[c-]c(-c3nc4ccccc4n3-c3ccc(-c4ccccc4)cc3)c2c1)C(C)C.[Ir]. The van der Waals surface area contributed by atoms with Crippen molar-refractivity contribution in [1.29, 1.82) is 0 Å². The molecule has 5 aromatic carbocycles. The Labute approximate surface area is 307 Å². The van der Waals surface area contributed by atoms with Gasteiger partial charge in [-0.05, 0) is 65.8 Å². The topological polar surface area (TPSA) is 30.7 Å². The Balaban J connectivity index is 0.000000238. The molecule has 0 saturated carbocycles. The van der Waals surface area contributed by atoms with Crippen LogP contribution < -0.4 is 0 Å². The third-order valence-corrected chi connectivity index (χ3v) is 8.61. The molecule has 0 N–H and O–H groups in total. The molecule has 5 heteroatoms. The molecule has 48 heavy (non-hydrogen) atoms. The number of aryl methyl sites for hydroxylation is 1. The van der Waals surface area contributed by atoms with Crippen molar-refractivity contribution in [2.24, 2.45) is 5.92 Å². The second-order valence-electron chi connectivity index (χ2n) is 11.5. The van der Waals surface area contributed by atoms with Gasteiger partial charge < -0.3 is 9.55 Å². The minimum Gasteiger partial charge on any atom is -0.333 e. The van der Waals surface area contributed by atoms with Crippen molar-refractivity contribution in [2.45, 2.75) is 27.1 Å². The summed E-state index contributed by atoms with van der Waals surface area (Å²) in [6, 6.07) is 46.8. The minimum atomic E-state index is -2.09. The summed E-state index contributed by atoms with van der Waals surface area (Å²) in [6.07, 6.45) is -0.0238. The molecule has 3 nitrogen and oxygen atoms in total. The molecule has 3 aromatic heterocycles. The average Bonchev–Trinajstić information content (AvgIpc) is 3.77. The van der Waals surface area contributed by atoms with Crippen molar-refractivity contribution in [1.82, 2.24) is 14.5 Å². The van der Waals surface area contributed by atoms with Crippen LogP contribution in [0.4, 0.5) is 0 Å². The summed E-state index contributed by atoms with van der Waals surface area (Å²) >= 11 is 1.55. The fourth-order valence-electron chi connectivity index (χ4n) is 5.56. The van der Waals surface area contributed by atoms with Gasteiger partial charge in [0.05, 0.1) is 16.9 Å². The molecule has 1 radical (unpaired) electrons. The van der Waals surface area contributed by atoms with E-state index < -0.39 is 13.2 Å². The zero-order valence-corrected chi connectivity index (χ0v) is 29.7. The summed E-state index contributed by atoms with van der Waals surface area (Å²) in [4.78, 5) is 9.16. The number of aromatic nitrogens is 3. The molecule has 0 saturated heterocycles. The largest absolute Gasteiger partial charge is 0.333 e. The monoisotopic (exact) mass is 823 g/mol. The van der Waals surface area contributed by atoms with Gasteiger partial charge in [0, 0.05) is 38.8 Å². The number of imidazole rings is 1. The van der Waals surface area contributed by atoms with Crippen LogP contribution in [-0.2, 0) is 26.5 Å². The van der Waals surface area contributed by atoms with Crippen LogP contribution in [0.3, 0.4) is 0 Å². The van der Waals surface area contributed by atoms with E-state index in [0.717, 1.165) is 49.5 Å². The summed E-state index contributed by atoms with van der Waals surface area (Å²) in [5.41, 5.74) is 8.76. The normalized spacial score (nSPS) is 13.0. The predicted molar refractivity (Wildman–Crippen MR) is 198 cm³/mol. The number of hydrogen-bond acceptors (Lipinski definition) is 3. The van der Waals surface area contributed by atoms with E-state index in [2.05, 4.69) is 75.6 Å². The molecule has 0 aliphatic heterocycles. The van der Waals surface area contributed by atoms with Crippen molar-refractivity contribution in [3.8, 4) is 39.5 Å². The standard InChI is InChI=1S/C31H25N2S.C12H10N.Ir/c1-21(2)18-22-12-17-30-26(19-22)27(20-34-30)31-32-28-10-6-7-11-29(28)33(31)25-15-13-24(14-16-25)23-8-4-3-5-9-23;1-10-7-8-12(13-9-10)11-5-3-2-4-6-11;/h3-17,19,21H,18H2,1-2H3;2-5,7-9H,1H3;/q2*-1;/i18D2;1D3;. The van der Waals surface area contributed by atoms with Crippen molar-refractivity contribution < 1.29 is 27.0 Å². The molecule has 0 spiro atoms. The zero-order valence-electron chi connectivity index (χ0n) is 31.4. The molecule has 0 atom stereocenters. The van der Waals surface area contributed by atoms with Gasteiger partial charge >= 0.3 is 0 Å². The van der Waals surface area contributed by atoms with E-state index in [9.17, 15) is 0 Å². The fraction of sp³-hybridized carbons (Fsp3) is 0.116. The average molecular weight is 823 g/mol. The molecule has 239 valence electrons. The molecule has 0 aliphatic rings. The van der Waals surface area contributed by atoms with Crippen LogP contribution in [0.5, 0.6) is 0 Å². The number of rotatable bonds is 6. The molecule has 0 bridgehead atoms. The summed E-state index contributed by atoms with van der Waals surface area (Å²) in [6.45, 7) is 1.75. The number of nitrogens with zero attached hydrogens (tertiary/aromatic N) is 3. The quantitative estimate of drug-likeness (QED) is 0.156. The first-order valence-corrected chi connectivity index (χ1v) is 16.3.